The molecule has 2 aliphatic rings. The van der Waals surface area contributed by atoms with Crippen molar-refractivity contribution in [3.05, 3.63) is 35.4 Å². The highest BCUT2D eigenvalue weighted by Gasteiger charge is 2.39. The maximum Gasteiger partial charge on any atom is 0.219 e. The second-order valence-electron chi connectivity index (χ2n) is 7.82. The first kappa shape index (κ1) is 17.8. The van der Waals surface area contributed by atoms with E-state index in [1.807, 2.05) is 36.9 Å². The van der Waals surface area contributed by atoms with Crippen LogP contribution >= 0.6 is 0 Å². The van der Waals surface area contributed by atoms with E-state index in [0.29, 0.717) is 17.7 Å². The number of nitrogens with zero attached hydrogens (tertiary/aromatic N) is 4. The number of rotatable bonds is 2. The fraction of sp³-hybridized carbons (Fsp3) is 0.476. The van der Waals surface area contributed by atoms with Crippen molar-refractivity contribution < 1.29 is 9.90 Å². The van der Waals surface area contributed by atoms with Gasteiger partial charge in [-0.3, -0.25) is 4.79 Å². The number of piperidine rings is 1. The van der Waals surface area contributed by atoms with Gasteiger partial charge in [-0.15, -0.1) is 10.2 Å². The van der Waals surface area contributed by atoms with E-state index < -0.39 is 0 Å². The number of hydrogen-bond donors (Lipinski definition) is 1. The lowest BCUT2D eigenvalue weighted by atomic mass is 9.92. The van der Waals surface area contributed by atoms with Gasteiger partial charge in [0.25, 0.3) is 0 Å². The zero-order valence-corrected chi connectivity index (χ0v) is 16.1. The Morgan fingerprint density at radius 2 is 1.93 bits per heavy atom. The van der Waals surface area contributed by atoms with Crippen LogP contribution in [0.2, 0.25) is 0 Å². The summed E-state index contributed by atoms with van der Waals surface area (Å²) in [7, 11) is 0. The minimum atomic E-state index is 0.145. The van der Waals surface area contributed by atoms with Gasteiger partial charge in [-0.25, -0.2) is 0 Å². The molecule has 2 unspecified atom stereocenters. The number of aromatic nitrogens is 2. The van der Waals surface area contributed by atoms with Crippen LogP contribution in [0.5, 0.6) is 5.75 Å². The van der Waals surface area contributed by atoms with Gasteiger partial charge in [0.2, 0.25) is 5.91 Å². The van der Waals surface area contributed by atoms with E-state index in [9.17, 15) is 9.90 Å². The zero-order chi connectivity index (χ0) is 19.1. The summed E-state index contributed by atoms with van der Waals surface area (Å²) < 4.78 is 0. The predicted molar refractivity (Wildman–Crippen MR) is 105 cm³/mol. The molecule has 2 aromatic rings. The molecule has 1 aromatic heterocycles. The molecule has 6 heteroatoms. The summed E-state index contributed by atoms with van der Waals surface area (Å²) >= 11 is 0. The summed E-state index contributed by atoms with van der Waals surface area (Å²) in [6.07, 6.45) is 2.19. The number of benzene rings is 1. The van der Waals surface area contributed by atoms with E-state index in [-0.39, 0.29) is 11.7 Å². The third-order valence-electron chi connectivity index (χ3n) is 5.97. The Hall–Kier alpha value is -2.63. The van der Waals surface area contributed by atoms with E-state index in [0.717, 1.165) is 55.0 Å². The van der Waals surface area contributed by atoms with Gasteiger partial charge in [-0.2, -0.15) is 0 Å². The van der Waals surface area contributed by atoms with Crippen molar-refractivity contribution in [3.63, 3.8) is 0 Å². The second kappa shape index (κ2) is 6.83. The summed E-state index contributed by atoms with van der Waals surface area (Å²) in [5, 5.41) is 19.2. The lowest BCUT2D eigenvalue weighted by molar-refractivity contribution is -0.130. The van der Waals surface area contributed by atoms with Crippen molar-refractivity contribution in [2.75, 3.05) is 24.5 Å². The van der Waals surface area contributed by atoms with Gasteiger partial charge in [0.1, 0.15) is 5.75 Å². The summed E-state index contributed by atoms with van der Waals surface area (Å²) in [6.45, 7) is 8.15. The molecular weight excluding hydrogens is 340 g/mol. The van der Waals surface area contributed by atoms with Gasteiger partial charge >= 0.3 is 0 Å². The Morgan fingerprint density at radius 3 is 2.59 bits per heavy atom. The molecule has 0 saturated carbocycles. The number of aromatic hydroxyl groups is 1. The van der Waals surface area contributed by atoms with Crippen LogP contribution in [0, 0.1) is 19.8 Å². The largest absolute Gasteiger partial charge is 0.507 e. The molecule has 142 valence electrons. The van der Waals surface area contributed by atoms with Crippen molar-refractivity contribution in [2.24, 2.45) is 5.92 Å². The van der Waals surface area contributed by atoms with Crippen LogP contribution in [0.4, 0.5) is 5.82 Å². The second-order valence-corrected chi connectivity index (χ2v) is 7.82. The van der Waals surface area contributed by atoms with Crippen molar-refractivity contribution in [2.45, 2.75) is 39.7 Å². The lowest BCUT2D eigenvalue weighted by Gasteiger charge is -2.38. The van der Waals surface area contributed by atoms with Crippen molar-refractivity contribution in [1.29, 1.82) is 0 Å². The molecule has 2 atom stereocenters. The number of carbonyl (C=O) groups is 1. The molecule has 27 heavy (non-hydrogen) atoms. The fourth-order valence-corrected chi connectivity index (χ4v) is 4.60. The Kier molecular flexibility index (Phi) is 4.50. The van der Waals surface area contributed by atoms with Crippen LogP contribution in [-0.4, -0.2) is 51.8 Å². The first-order valence-electron chi connectivity index (χ1n) is 9.60. The molecule has 4 rings (SSSR count). The number of aryl methyl sites for hydroxylation is 2. The number of anilines is 1. The average molecular weight is 366 g/mol. The molecule has 2 fully saturated rings. The first-order chi connectivity index (χ1) is 12.9. The number of carbonyl (C=O) groups excluding carboxylic acids is 1. The molecule has 3 heterocycles. The predicted octanol–water partition coefficient (Wildman–Crippen LogP) is 2.91. The van der Waals surface area contributed by atoms with Gasteiger partial charge in [0, 0.05) is 32.1 Å². The molecule has 0 aliphatic carbocycles. The van der Waals surface area contributed by atoms with E-state index in [4.69, 9.17) is 0 Å². The molecule has 0 spiro atoms. The maximum absolute atomic E-state index is 11.8. The number of phenols is 1. The molecule has 1 aromatic carbocycles. The number of hydrogen-bond acceptors (Lipinski definition) is 5. The van der Waals surface area contributed by atoms with Gasteiger partial charge in [-0.1, -0.05) is 6.07 Å². The topological polar surface area (TPSA) is 69.6 Å². The quantitative estimate of drug-likeness (QED) is 0.885. The highest BCUT2D eigenvalue weighted by atomic mass is 16.3. The Labute approximate surface area is 159 Å². The molecule has 1 amide bonds. The van der Waals surface area contributed by atoms with Crippen molar-refractivity contribution in [1.82, 2.24) is 15.1 Å². The number of fused-ring (bicyclic) bond motifs is 1. The smallest absolute Gasteiger partial charge is 0.219 e. The minimum Gasteiger partial charge on any atom is -0.507 e. The van der Waals surface area contributed by atoms with Gasteiger partial charge < -0.3 is 14.9 Å². The lowest BCUT2D eigenvalue weighted by Crippen LogP contribution is -2.49. The number of likely N-dealkylation sites (tertiary alicyclic amines) is 1. The van der Waals surface area contributed by atoms with Crippen LogP contribution in [0.3, 0.4) is 0 Å². The first-order valence-corrected chi connectivity index (χ1v) is 9.60. The third kappa shape index (κ3) is 3.24. The van der Waals surface area contributed by atoms with Crippen LogP contribution < -0.4 is 4.90 Å². The van der Waals surface area contributed by atoms with Crippen molar-refractivity contribution >= 4 is 11.7 Å². The summed E-state index contributed by atoms with van der Waals surface area (Å²) in [6, 6.07) is 8.02. The molecule has 1 N–H and O–H groups in total. The molecule has 2 aliphatic heterocycles. The van der Waals surface area contributed by atoms with Crippen LogP contribution in [0.1, 0.15) is 30.9 Å². The van der Waals surface area contributed by atoms with Crippen molar-refractivity contribution in [3.8, 4) is 17.0 Å². The number of amides is 1. The number of phenolic OH excluding ortho intramolecular Hbond substituents is 1. The van der Waals surface area contributed by atoms with Crippen LogP contribution in [0.25, 0.3) is 11.3 Å². The van der Waals surface area contributed by atoms with E-state index >= 15 is 0 Å². The average Bonchev–Trinajstić information content (AvgIpc) is 3.04. The summed E-state index contributed by atoms with van der Waals surface area (Å²) in [5.41, 5.74) is 3.42. The molecule has 2 saturated heterocycles. The molecule has 0 radical (unpaired) electrons. The Bertz CT molecular complexity index is 842. The molecule has 0 bridgehead atoms. The van der Waals surface area contributed by atoms with Crippen LogP contribution in [0.15, 0.2) is 24.3 Å². The third-order valence-corrected chi connectivity index (χ3v) is 5.97. The SMILES string of the molecule is CC(=O)N1CCC2CCN(c3ccc(-c4c(C)cc(C)cc4O)nn3)C2C1. The van der Waals surface area contributed by atoms with E-state index in [1.165, 1.54) is 0 Å². The van der Waals surface area contributed by atoms with Gasteiger partial charge in [-0.05, 0) is 61.9 Å². The van der Waals surface area contributed by atoms with E-state index in [2.05, 4.69) is 15.1 Å². The van der Waals surface area contributed by atoms with Gasteiger partial charge in [0.15, 0.2) is 5.82 Å². The summed E-state index contributed by atoms with van der Waals surface area (Å²) in [4.78, 5) is 16.0. The highest BCUT2D eigenvalue weighted by molar-refractivity contribution is 5.73. The monoisotopic (exact) mass is 366 g/mol. The fourth-order valence-electron chi connectivity index (χ4n) is 4.60. The molecular formula is C21H26N4O2. The highest BCUT2D eigenvalue weighted by Crippen LogP contribution is 2.36. The van der Waals surface area contributed by atoms with Gasteiger partial charge in [0.05, 0.1) is 11.7 Å². The zero-order valence-electron chi connectivity index (χ0n) is 16.1. The summed E-state index contributed by atoms with van der Waals surface area (Å²) in [5.74, 6) is 1.85. The minimum absolute atomic E-state index is 0.145. The van der Waals surface area contributed by atoms with Crippen LogP contribution in [-0.2, 0) is 4.79 Å². The van der Waals surface area contributed by atoms with E-state index in [1.54, 1.807) is 13.0 Å². The maximum atomic E-state index is 11.8. The molecule has 6 nitrogen and oxygen atoms in total. The Morgan fingerprint density at radius 1 is 1.15 bits per heavy atom. The standard InChI is InChI=1S/C21H26N4O2/c1-13-10-14(2)21(19(27)11-13)17-4-5-20(23-22-17)25-9-7-16-6-8-24(15(3)26)12-18(16)25/h4-5,10-11,16,18,27H,6-9,12H2,1-3H3. The normalized spacial score (nSPS) is 22.0. The Balaban J connectivity index is 1.59.